The largest absolute Gasteiger partial charge is 0.396 e. The molecular formula is C19H22FN3O2. The number of amides is 2. The molecule has 0 fully saturated rings. The SMILES string of the molecule is O=C(NCC(CO)Cc1ccccn1)NC1CCc2ccc(F)cc21. The van der Waals surface area contributed by atoms with Crippen molar-refractivity contribution < 1.29 is 14.3 Å². The molecule has 1 aliphatic rings. The summed E-state index contributed by atoms with van der Waals surface area (Å²) < 4.78 is 13.4. The summed E-state index contributed by atoms with van der Waals surface area (Å²) in [6.45, 7) is 0.315. The number of urea groups is 1. The molecule has 0 saturated carbocycles. The van der Waals surface area contributed by atoms with Crippen molar-refractivity contribution in [2.75, 3.05) is 13.2 Å². The number of aryl methyl sites for hydroxylation is 1. The average Bonchev–Trinajstić information content (AvgIpc) is 3.01. The van der Waals surface area contributed by atoms with Crippen LogP contribution in [0.2, 0.25) is 0 Å². The van der Waals surface area contributed by atoms with Crippen LogP contribution in [0.25, 0.3) is 0 Å². The first-order valence-electron chi connectivity index (χ1n) is 8.49. The van der Waals surface area contributed by atoms with Gasteiger partial charge in [-0.15, -0.1) is 0 Å². The van der Waals surface area contributed by atoms with Crippen molar-refractivity contribution >= 4 is 6.03 Å². The van der Waals surface area contributed by atoms with Crippen LogP contribution in [0.3, 0.4) is 0 Å². The lowest BCUT2D eigenvalue weighted by molar-refractivity contribution is 0.212. The molecule has 2 amide bonds. The van der Waals surface area contributed by atoms with E-state index < -0.39 is 0 Å². The third-order valence-electron chi connectivity index (χ3n) is 4.52. The summed E-state index contributed by atoms with van der Waals surface area (Å²) in [5.41, 5.74) is 2.81. The van der Waals surface area contributed by atoms with E-state index in [1.54, 1.807) is 12.3 Å². The van der Waals surface area contributed by atoms with Gasteiger partial charge in [-0.2, -0.15) is 0 Å². The van der Waals surface area contributed by atoms with Crippen LogP contribution < -0.4 is 10.6 Å². The van der Waals surface area contributed by atoms with Gasteiger partial charge >= 0.3 is 6.03 Å². The fraction of sp³-hybridized carbons (Fsp3) is 0.368. The summed E-state index contributed by atoms with van der Waals surface area (Å²) in [5, 5.41) is 15.2. The number of aliphatic hydroxyl groups is 1. The van der Waals surface area contributed by atoms with E-state index in [9.17, 15) is 14.3 Å². The predicted molar refractivity (Wildman–Crippen MR) is 92.5 cm³/mol. The second-order valence-electron chi connectivity index (χ2n) is 6.36. The molecule has 2 unspecified atom stereocenters. The molecule has 1 heterocycles. The summed E-state index contributed by atoms with van der Waals surface area (Å²) >= 11 is 0. The molecule has 25 heavy (non-hydrogen) atoms. The Hall–Kier alpha value is -2.47. The lowest BCUT2D eigenvalue weighted by Crippen LogP contribution is -2.40. The molecule has 2 atom stereocenters. The number of fused-ring (bicyclic) bond motifs is 1. The Morgan fingerprint density at radius 3 is 3.00 bits per heavy atom. The van der Waals surface area contributed by atoms with Crippen LogP contribution in [0, 0.1) is 11.7 Å². The first-order chi connectivity index (χ1) is 12.2. The van der Waals surface area contributed by atoms with E-state index in [-0.39, 0.29) is 30.4 Å². The number of benzene rings is 1. The van der Waals surface area contributed by atoms with Crippen LogP contribution in [0.15, 0.2) is 42.6 Å². The van der Waals surface area contributed by atoms with Gasteiger partial charge < -0.3 is 15.7 Å². The quantitative estimate of drug-likeness (QED) is 0.754. The number of nitrogens with zero attached hydrogens (tertiary/aromatic N) is 1. The number of hydrogen-bond acceptors (Lipinski definition) is 3. The molecule has 3 N–H and O–H groups in total. The Labute approximate surface area is 146 Å². The zero-order valence-electron chi connectivity index (χ0n) is 13.9. The van der Waals surface area contributed by atoms with E-state index in [2.05, 4.69) is 15.6 Å². The first-order valence-corrected chi connectivity index (χ1v) is 8.49. The van der Waals surface area contributed by atoms with Crippen molar-refractivity contribution in [1.82, 2.24) is 15.6 Å². The lowest BCUT2D eigenvalue weighted by atomic mass is 10.0. The number of pyridine rings is 1. The highest BCUT2D eigenvalue weighted by atomic mass is 19.1. The number of rotatable bonds is 6. The molecule has 1 aromatic carbocycles. The number of aromatic nitrogens is 1. The van der Waals surface area contributed by atoms with Crippen molar-refractivity contribution in [2.24, 2.45) is 5.92 Å². The Morgan fingerprint density at radius 2 is 2.24 bits per heavy atom. The van der Waals surface area contributed by atoms with E-state index in [1.165, 1.54) is 12.1 Å². The van der Waals surface area contributed by atoms with Gasteiger partial charge in [-0.05, 0) is 54.7 Å². The zero-order valence-corrected chi connectivity index (χ0v) is 13.9. The van der Waals surface area contributed by atoms with E-state index in [4.69, 9.17) is 0 Å². The summed E-state index contributed by atoms with van der Waals surface area (Å²) in [7, 11) is 0. The Morgan fingerprint density at radius 1 is 1.36 bits per heavy atom. The summed E-state index contributed by atoms with van der Waals surface area (Å²) in [6.07, 6.45) is 3.90. The predicted octanol–water partition coefficient (Wildman–Crippen LogP) is 2.36. The second kappa shape index (κ2) is 8.07. The van der Waals surface area contributed by atoms with Crippen molar-refractivity contribution in [3.05, 3.63) is 65.2 Å². The van der Waals surface area contributed by atoms with Gasteiger partial charge in [0.1, 0.15) is 5.82 Å². The number of nitrogens with one attached hydrogen (secondary N) is 2. The maximum absolute atomic E-state index is 13.4. The van der Waals surface area contributed by atoms with E-state index >= 15 is 0 Å². The van der Waals surface area contributed by atoms with Crippen molar-refractivity contribution in [2.45, 2.75) is 25.3 Å². The molecule has 0 saturated heterocycles. The van der Waals surface area contributed by atoms with Crippen LogP contribution in [-0.4, -0.2) is 29.3 Å². The van der Waals surface area contributed by atoms with Crippen LogP contribution >= 0.6 is 0 Å². The maximum Gasteiger partial charge on any atom is 0.315 e. The average molecular weight is 343 g/mol. The zero-order chi connectivity index (χ0) is 17.6. The van der Waals surface area contributed by atoms with Gasteiger partial charge in [0, 0.05) is 31.0 Å². The Kier molecular flexibility index (Phi) is 5.60. The molecule has 0 radical (unpaired) electrons. The molecule has 1 aliphatic carbocycles. The molecule has 2 aromatic rings. The van der Waals surface area contributed by atoms with Gasteiger partial charge in [0.05, 0.1) is 6.04 Å². The number of halogens is 1. The minimum Gasteiger partial charge on any atom is -0.396 e. The van der Waals surface area contributed by atoms with Crippen LogP contribution in [0.5, 0.6) is 0 Å². The molecule has 0 spiro atoms. The fourth-order valence-electron chi connectivity index (χ4n) is 3.19. The maximum atomic E-state index is 13.4. The summed E-state index contributed by atoms with van der Waals surface area (Å²) in [4.78, 5) is 16.4. The fourth-order valence-corrected chi connectivity index (χ4v) is 3.19. The number of carbonyl (C=O) groups is 1. The number of hydrogen-bond donors (Lipinski definition) is 3. The topological polar surface area (TPSA) is 74.2 Å². The minimum atomic E-state index is -0.304. The van der Waals surface area contributed by atoms with Crippen molar-refractivity contribution in [1.29, 1.82) is 0 Å². The van der Waals surface area contributed by atoms with E-state index in [1.807, 2.05) is 18.2 Å². The third kappa shape index (κ3) is 4.54. The molecule has 6 heteroatoms. The van der Waals surface area contributed by atoms with Gasteiger partial charge in [0.15, 0.2) is 0 Å². The van der Waals surface area contributed by atoms with Gasteiger partial charge in [0.2, 0.25) is 0 Å². The van der Waals surface area contributed by atoms with Crippen molar-refractivity contribution in [3.8, 4) is 0 Å². The van der Waals surface area contributed by atoms with Gasteiger partial charge in [-0.1, -0.05) is 12.1 Å². The van der Waals surface area contributed by atoms with Crippen LogP contribution in [0.4, 0.5) is 9.18 Å². The molecule has 0 aliphatic heterocycles. The summed E-state index contributed by atoms with van der Waals surface area (Å²) in [6, 6.07) is 9.87. The molecule has 3 rings (SSSR count). The minimum absolute atomic E-state index is 0.0334. The van der Waals surface area contributed by atoms with E-state index in [0.717, 1.165) is 29.7 Å². The molecule has 5 nitrogen and oxygen atoms in total. The second-order valence-corrected chi connectivity index (χ2v) is 6.36. The highest BCUT2D eigenvalue weighted by Crippen LogP contribution is 2.31. The molecule has 1 aromatic heterocycles. The normalized spacial score (nSPS) is 17.0. The molecule has 0 bridgehead atoms. The van der Waals surface area contributed by atoms with Crippen LogP contribution in [-0.2, 0) is 12.8 Å². The van der Waals surface area contributed by atoms with Gasteiger partial charge in [-0.25, -0.2) is 9.18 Å². The molecular weight excluding hydrogens is 321 g/mol. The number of carbonyl (C=O) groups excluding carboxylic acids is 1. The standard InChI is InChI=1S/C19H22FN3O2/c20-15-6-4-14-5-7-18(17(14)10-15)23-19(25)22-11-13(12-24)9-16-3-1-2-8-21-16/h1-4,6,8,10,13,18,24H,5,7,9,11-12H2,(H2,22,23,25). The lowest BCUT2D eigenvalue weighted by Gasteiger charge is -2.18. The Balaban J connectivity index is 1.51. The first kappa shape index (κ1) is 17.4. The van der Waals surface area contributed by atoms with Crippen LogP contribution in [0.1, 0.15) is 29.3 Å². The van der Waals surface area contributed by atoms with Crippen molar-refractivity contribution in [3.63, 3.8) is 0 Å². The molecule has 132 valence electrons. The third-order valence-corrected chi connectivity index (χ3v) is 4.52. The van der Waals surface area contributed by atoms with Gasteiger partial charge in [-0.3, -0.25) is 4.98 Å². The van der Waals surface area contributed by atoms with E-state index in [0.29, 0.717) is 13.0 Å². The van der Waals surface area contributed by atoms with Gasteiger partial charge in [0.25, 0.3) is 0 Å². The Bertz CT molecular complexity index is 724. The smallest absolute Gasteiger partial charge is 0.315 e. The number of aliphatic hydroxyl groups excluding tert-OH is 1. The summed E-state index contributed by atoms with van der Waals surface area (Å²) in [5.74, 6) is -0.391. The monoisotopic (exact) mass is 343 g/mol. The highest BCUT2D eigenvalue weighted by Gasteiger charge is 2.24. The highest BCUT2D eigenvalue weighted by molar-refractivity contribution is 5.74.